The molecule has 0 aliphatic rings. The van der Waals surface area contributed by atoms with Crippen LogP contribution in [-0.2, 0) is 22.7 Å². The number of halogens is 2. The number of benzene rings is 2. The van der Waals surface area contributed by atoms with Crippen molar-refractivity contribution in [3.63, 3.8) is 0 Å². The third-order valence-electron chi connectivity index (χ3n) is 3.75. The lowest BCUT2D eigenvalue weighted by Crippen LogP contribution is -2.10. The molecular weight excluding hydrogens is 381 g/mol. The van der Waals surface area contributed by atoms with E-state index in [0.29, 0.717) is 15.6 Å². The molecule has 7 nitrogen and oxygen atoms in total. The summed E-state index contributed by atoms with van der Waals surface area (Å²) in [6, 6.07) is 9.47. The molecule has 134 valence electrons. The first kappa shape index (κ1) is 18.2. The zero-order valence-corrected chi connectivity index (χ0v) is 14.9. The van der Waals surface area contributed by atoms with Crippen molar-refractivity contribution in [3.8, 4) is 0 Å². The van der Waals surface area contributed by atoms with Crippen LogP contribution in [0.15, 0.2) is 42.6 Å². The number of fused-ring (bicyclic) bond motifs is 1. The highest BCUT2D eigenvalue weighted by atomic mass is 35.5. The molecule has 0 saturated carbocycles. The molecular formula is C17H13Cl2N3O4. The second kappa shape index (κ2) is 7.72. The largest absolute Gasteiger partial charge is 0.461 e. The van der Waals surface area contributed by atoms with Crippen LogP contribution in [0, 0.1) is 10.1 Å². The number of non-ortho nitro benzene ring substituents is 1. The molecule has 0 aliphatic heterocycles. The van der Waals surface area contributed by atoms with E-state index < -0.39 is 10.9 Å². The predicted molar refractivity (Wildman–Crippen MR) is 97.3 cm³/mol. The van der Waals surface area contributed by atoms with Crippen molar-refractivity contribution in [3.05, 3.63) is 68.3 Å². The van der Waals surface area contributed by atoms with Crippen molar-refractivity contribution >= 4 is 45.8 Å². The van der Waals surface area contributed by atoms with Gasteiger partial charge in [-0.25, -0.2) is 0 Å². The number of carbonyl (C=O) groups is 1. The van der Waals surface area contributed by atoms with Gasteiger partial charge in [0, 0.05) is 17.5 Å². The smallest absolute Gasteiger partial charge is 0.308 e. The van der Waals surface area contributed by atoms with Gasteiger partial charge in [0.25, 0.3) is 5.69 Å². The van der Waals surface area contributed by atoms with Gasteiger partial charge < -0.3 is 4.74 Å². The zero-order valence-electron chi connectivity index (χ0n) is 13.4. The molecule has 3 aromatic rings. The highest BCUT2D eigenvalue weighted by Gasteiger charge is 2.12. The number of ether oxygens (including phenoxy) is 1. The first-order valence-corrected chi connectivity index (χ1v) is 8.39. The molecule has 0 spiro atoms. The van der Waals surface area contributed by atoms with Gasteiger partial charge in [-0.1, -0.05) is 29.3 Å². The fraction of sp³-hybridized carbons (Fsp3) is 0.176. The first-order valence-electron chi connectivity index (χ1n) is 7.63. The lowest BCUT2D eigenvalue weighted by atomic mass is 10.2. The lowest BCUT2D eigenvalue weighted by molar-refractivity contribution is -0.384. The van der Waals surface area contributed by atoms with E-state index in [2.05, 4.69) is 5.10 Å². The summed E-state index contributed by atoms with van der Waals surface area (Å²) in [5, 5.41) is 16.6. The Bertz CT molecular complexity index is 987. The molecule has 26 heavy (non-hydrogen) atoms. The minimum Gasteiger partial charge on any atom is -0.461 e. The summed E-state index contributed by atoms with van der Waals surface area (Å²) in [5.74, 6) is -0.412. The van der Waals surface area contributed by atoms with Gasteiger partial charge in [0.15, 0.2) is 0 Å². The van der Waals surface area contributed by atoms with Gasteiger partial charge in [0.1, 0.15) is 6.61 Å². The van der Waals surface area contributed by atoms with Gasteiger partial charge in [0.2, 0.25) is 0 Å². The van der Waals surface area contributed by atoms with Crippen LogP contribution in [0.3, 0.4) is 0 Å². The average Bonchev–Trinajstić information content (AvgIpc) is 3.03. The molecule has 2 aromatic carbocycles. The van der Waals surface area contributed by atoms with Gasteiger partial charge in [0.05, 0.1) is 39.6 Å². The molecule has 0 atom stereocenters. The summed E-state index contributed by atoms with van der Waals surface area (Å²) in [4.78, 5) is 22.4. The van der Waals surface area contributed by atoms with Gasteiger partial charge in [-0.3, -0.25) is 19.6 Å². The van der Waals surface area contributed by atoms with Crippen molar-refractivity contribution in [2.24, 2.45) is 0 Å². The molecule has 9 heteroatoms. The summed E-state index contributed by atoms with van der Waals surface area (Å²) in [6.07, 6.45) is 1.68. The van der Waals surface area contributed by atoms with Crippen LogP contribution in [-0.4, -0.2) is 20.7 Å². The van der Waals surface area contributed by atoms with Crippen molar-refractivity contribution in [2.75, 3.05) is 0 Å². The number of hydrogen-bond donors (Lipinski definition) is 0. The lowest BCUT2D eigenvalue weighted by Gasteiger charge is -2.07. The summed E-state index contributed by atoms with van der Waals surface area (Å²) in [5.41, 5.74) is 1.30. The number of rotatable bonds is 6. The topological polar surface area (TPSA) is 87.3 Å². The van der Waals surface area contributed by atoms with Crippen LogP contribution < -0.4 is 0 Å². The van der Waals surface area contributed by atoms with Gasteiger partial charge in [-0.05, 0) is 23.8 Å². The average molecular weight is 394 g/mol. The molecule has 0 N–H and O–H groups in total. The van der Waals surface area contributed by atoms with Crippen LogP contribution >= 0.6 is 23.2 Å². The van der Waals surface area contributed by atoms with Crippen molar-refractivity contribution in [2.45, 2.75) is 19.6 Å². The predicted octanol–water partition coefficient (Wildman–Crippen LogP) is 4.38. The Morgan fingerprint density at radius 3 is 2.73 bits per heavy atom. The molecule has 3 rings (SSSR count). The number of aromatic nitrogens is 2. The van der Waals surface area contributed by atoms with Crippen LogP contribution in [0.25, 0.3) is 10.9 Å². The monoisotopic (exact) mass is 393 g/mol. The van der Waals surface area contributed by atoms with E-state index >= 15 is 0 Å². The molecule has 0 bridgehead atoms. The fourth-order valence-corrected chi connectivity index (χ4v) is 2.73. The highest BCUT2D eigenvalue weighted by molar-refractivity contribution is 6.42. The molecule has 0 aliphatic carbocycles. The molecule has 0 unspecified atom stereocenters. The Morgan fingerprint density at radius 2 is 2.00 bits per heavy atom. The number of nitrogens with zero attached hydrogens (tertiary/aromatic N) is 3. The highest BCUT2D eigenvalue weighted by Crippen LogP contribution is 2.23. The van der Waals surface area contributed by atoms with Gasteiger partial charge in [-0.2, -0.15) is 5.10 Å². The Labute approximate surface area is 158 Å². The maximum Gasteiger partial charge on any atom is 0.308 e. The van der Waals surface area contributed by atoms with E-state index in [9.17, 15) is 14.9 Å². The van der Waals surface area contributed by atoms with Crippen molar-refractivity contribution in [1.29, 1.82) is 0 Å². The van der Waals surface area contributed by atoms with E-state index in [1.165, 1.54) is 12.1 Å². The number of nitro benzene ring substituents is 1. The molecule has 0 radical (unpaired) electrons. The summed E-state index contributed by atoms with van der Waals surface area (Å²) in [7, 11) is 0. The van der Waals surface area contributed by atoms with E-state index in [4.69, 9.17) is 27.9 Å². The van der Waals surface area contributed by atoms with Crippen molar-refractivity contribution < 1.29 is 14.5 Å². The standard InChI is InChI=1S/C17H13Cl2N3O4/c18-14-4-1-11(7-15(14)19)10-26-17(23)5-6-21-16-8-13(22(24)25)3-2-12(16)9-20-21/h1-4,7-9H,5-6,10H2. The van der Waals surface area contributed by atoms with Gasteiger partial charge >= 0.3 is 5.97 Å². The SMILES string of the molecule is O=C(CCn1ncc2ccc([N+](=O)[O-])cc21)OCc1ccc(Cl)c(Cl)c1. The van der Waals surface area contributed by atoms with Crippen LogP contribution in [0.1, 0.15) is 12.0 Å². The Morgan fingerprint density at radius 1 is 1.19 bits per heavy atom. The minimum absolute atomic E-state index is 0.0264. The number of esters is 1. The number of nitro groups is 1. The zero-order chi connectivity index (χ0) is 18.7. The Kier molecular flexibility index (Phi) is 5.39. The van der Waals surface area contributed by atoms with E-state index in [1.807, 2.05) is 0 Å². The first-order chi connectivity index (χ1) is 12.4. The van der Waals surface area contributed by atoms with E-state index in [0.717, 1.165) is 10.9 Å². The normalized spacial score (nSPS) is 10.8. The molecule has 0 saturated heterocycles. The third-order valence-corrected chi connectivity index (χ3v) is 4.49. The molecule has 0 fully saturated rings. The number of carbonyl (C=O) groups excluding carboxylic acids is 1. The minimum atomic E-state index is -0.470. The summed E-state index contributed by atoms with van der Waals surface area (Å²) >= 11 is 11.8. The second-order valence-corrected chi connectivity index (χ2v) is 6.34. The maximum absolute atomic E-state index is 11.9. The molecule has 1 heterocycles. The number of hydrogen-bond acceptors (Lipinski definition) is 5. The molecule has 0 amide bonds. The molecule has 1 aromatic heterocycles. The Hall–Kier alpha value is -2.64. The third kappa shape index (κ3) is 4.12. The van der Waals surface area contributed by atoms with Crippen molar-refractivity contribution in [1.82, 2.24) is 9.78 Å². The fourth-order valence-electron chi connectivity index (χ4n) is 2.41. The quantitative estimate of drug-likeness (QED) is 0.352. The van der Waals surface area contributed by atoms with E-state index in [1.54, 1.807) is 35.1 Å². The van der Waals surface area contributed by atoms with E-state index in [-0.39, 0.29) is 25.3 Å². The van der Waals surface area contributed by atoms with Gasteiger partial charge in [-0.15, -0.1) is 0 Å². The summed E-state index contributed by atoms with van der Waals surface area (Å²) < 4.78 is 6.75. The summed E-state index contributed by atoms with van der Waals surface area (Å²) in [6.45, 7) is 0.339. The number of aryl methyl sites for hydroxylation is 1. The second-order valence-electron chi connectivity index (χ2n) is 5.53. The Balaban J connectivity index is 1.60. The van der Waals surface area contributed by atoms with Crippen LogP contribution in [0.4, 0.5) is 5.69 Å². The van der Waals surface area contributed by atoms with Crippen LogP contribution in [0.2, 0.25) is 10.0 Å². The van der Waals surface area contributed by atoms with Crippen LogP contribution in [0.5, 0.6) is 0 Å². The maximum atomic E-state index is 11.9.